The van der Waals surface area contributed by atoms with Crippen LogP contribution < -0.4 is 29.1 Å². The van der Waals surface area contributed by atoms with Crippen LogP contribution in [-0.2, 0) is 20.9 Å². The van der Waals surface area contributed by atoms with Crippen LogP contribution in [0.5, 0.6) is 17.2 Å². The van der Waals surface area contributed by atoms with Crippen LogP contribution in [0.2, 0.25) is 0 Å². The first-order valence-electron chi connectivity index (χ1n) is 16.6. The number of thiazole rings is 1. The number of hydrogen-bond donors (Lipinski definition) is 0. The van der Waals surface area contributed by atoms with Crippen molar-refractivity contribution < 1.29 is 33.3 Å². The molecule has 0 amide bonds. The Balaban J connectivity index is 1.51. The van der Waals surface area contributed by atoms with Gasteiger partial charge in [-0.05, 0) is 90.0 Å². The molecule has 53 heavy (non-hydrogen) atoms. The smallest absolute Gasteiger partial charge is 0.338 e. The topological polar surface area (TPSA) is 115 Å². The zero-order valence-electron chi connectivity index (χ0n) is 29.2. The first-order valence-corrected chi connectivity index (χ1v) is 19.2. The maximum Gasteiger partial charge on any atom is 0.338 e. The molecule has 272 valence electrons. The second kappa shape index (κ2) is 16.9. The van der Waals surface area contributed by atoms with Crippen molar-refractivity contribution in [3.63, 3.8) is 0 Å². The summed E-state index contributed by atoms with van der Waals surface area (Å²) in [4.78, 5) is 46.0. The van der Waals surface area contributed by atoms with E-state index in [1.54, 1.807) is 57.4 Å². The van der Waals surface area contributed by atoms with Gasteiger partial charge in [0, 0.05) is 15.6 Å². The van der Waals surface area contributed by atoms with E-state index in [9.17, 15) is 14.4 Å². The Morgan fingerprint density at radius 2 is 1.60 bits per heavy atom. The molecule has 0 aliphatic carbocycles. The van der Waals surface area contributed by atoms with Gasteiger partial charge < -0.3 is 23.7 Å². The average molecular weight is 910 g/mol. The minimum Gasteiger partial charge on any atom is -0.493 e. The van der Waals surface area contributed by atoms with E-state index in [1.165, 1.54) is 23.0 Å². The van der Waals surface area contributed by atoms with Crippen molar-refractivity contribution in [1.82, 2.24) is 4.57 Å². The van der Waals surface area contributed by atoms with Gasteiger partial charge >= 0.3 is 11.9 Å². The second-order valence-electron chi connectivity index (χ2n) is 11.6. The number of halogens is 2. The van der Waals surface area contributed by atoms with Gasteiger partial charge in [-0.1, -0.05) is 75.8 Å². The molecule has 0 saturated heterocycles. The third-order valence-corrected chi connectivity index (χ3v) is 10.5. The molecule has 1 aliphatic rings. The summed E-state index contributed by atoms with van der Waals surface area (Å²) in [5.41, 5.74) is 3.55. The quantitative estimate of drug-likeness (QED) is 0.0966. The van der Waals surface area contributed by atoms with Crippen molar-refractivity contribution in [2.24, 2.45) is 4.99 Å². The Morgan fingerprint density at radius 1 is 0.906 bits per heavy atom. The molecule has 1 aliphatic heterocycles. The molecule has 4 aromatic carbocycles. The lowest BCUT2D eigenvalue weighted by molar-refractivity contribution is -0.138. The highest BCUT2D eigenvalue weighted by molar-refractivity contribution is 14.1. The van der Waals surface area contributed by atoms with Gasteiger partial charge in [0.25, 0.3) is 5.56 Å². The summed E-state index contributed by atoms with van der Waals surface area (Å²) < 4.78 is 31.7. The molecule has 1 aromatic heterocycles. The van der Waals surface area contributed by atoms with E-state index in [2.05, 4.69) is 38.5 Å². The molecule has 0 saturated carbocycles. The van der Waals surface area contributed by atoms with Crippen molar-refractivity contribution >= 4 is 73.6 Å². The fourth-order valence-corrected chi connectivity index (χ4v) is 8.56. The molecule has 2 heterocycles. The molecular formula is C40H34BrIN2O8S. The number of benzene rings is 4. The van der Waals surface area contributed by atoms with Crippen molar-refractivity contribution in [2.75, 3.05) is 27.4 Å². The Bertz CT molecular complexity index is 2390. The van der Waals surface area contributed by atoms with Gasteiger partial charge in [-0.3, -0.25) is 9.36 Å². The van der Waals surface area contributed by atoms with Gasteiger partial charge in [0.2, 0.25) is 0 Å². The number of carbonyl (C=O) groups excluding carboxylic acids is 2. The highest BCUT2D eigenvalue weighted by atomic mass is 127. The average Bonchev–Trinajstić information content (AvgIpc) is 3.47. The number of fused-ring (bicyclic) bond motifs is 1. The maximum absolute atomic E-state index is 14.6. The molecule has 5 aromatic rings. The molecule has 0 spiro atoms. The highest BCUT2D eigenvalue weighted by Gasteiger charge is 2.35. The lowest BCUT2D eigenvalue weighted by Gasteiger charge is -2.26. The molecule has 0 N–H and O–H groups in total. The molecule has 0 radical (unpaired) electrons. The Kier molecular flexibility index (Phi) is 12.2. The lowest BCUT2D eigenvalue weighted by Crippen LogP contribution is -2.40. The van der Waals surface area contributed by atoms with Crippen LogP contribution in [0.1, 0.15) is 52.5 Å². The van der Waals surface area contributed by atoms with Crippen LogP contribution in [0.25, 0.3) is 11.8 Å². The van der Waals surface area contributed by atoms with Gasteiger partial charge in [0.05, 0.1) is 58.4 Å². The predicted octanol–water partition coefficient (Wildman–Crippen LogP) is 7.08. The fourth-order valence-electron chi connectivity index (χ4n) is 5.87. The molecule has 0 bridgehead atoms. The van der Waals surface area contributed by atoms with Gasteiger partial charge in [-0.2, -0.15) is 0 Å². The third kappa shape index (κ3) is 8.11. The van der Waals surface area contributed by atoms with Gasteiger partial charge in [0.15, 0.2) is 16.3 Å². The van der Waals surface area contributed by atoms with E-state index in [0.717, 1.165) is 13.6 Å². The number of ether oxygens (including phenoxy) is 5. The molecule has 10 nitrogen and oxygen atoms in total. The highest BCUT2D eigenvalue weighted by Crippen LogP contribution is 2.39. The summed E-state index contributed by atoms with van der Waals surface area (Å²) in [6, 6.07) is 24.6. The van der Waals surface area contributed by atoms with Crippen molar-refractivity contribution in [2.45, 2.75) is 26.5 Å². The number of methoxy groups -OCH3 is 2. The van der Waals surface area contributed by atoms with E-state index in [-0.39, 0.29) is 30.3 Å². The fraction of sp³-hybridized carbons (Fsp3) is 0.200. The number of rotatable bonds is 12. The minimum atomic E-state index is -0.904. The number of esters is 2. The van der Waals surface area contributed by atoms with Crippen molar-refractivity contribution in [3.8, 4) is 17.2 Å². The van der Waals surface area contributed by atoms with Crippen LogP contribution in [0.4, 0.5) is 0 Å². The van der Waals surface area contributed by atoms with Crippen LogP contribution in [0.3, 0.4) is 0 Å². The van der Waals surface area contributed by atoms with E-state index >= 15 is 0 Å². The van der Waals surface area contributed by atoms with Gasteiger partial charge in [-0.15, -0.1) is 0 Å². The number of aromatic nitrogens is 1. The van der Waals surface area contributed by atoms with Crippen LogP contribution in [0, 0.1) is 3.57 Å². The number of hydrogen-bond acceptors (Lipinski definition) is 10. The van der Waals surface area contributed by atoms with E-state index in [4.69, 9.17) is 28.7 Å². The summed E-state index contributed by atoms with van der Waals surface area (Å²) in [5.74, 6) is 0.541. The van der Waals surface area contributed by atoms with E-state index in [1.807, 2.05) is 54.6 Å². The van der Waals surface area contributed by atoms with E-state index < -0.39 is 12.0 Å². The maximum atomic E-state index is 14.6. The SMILES string of the molecule is CCOC(=O)C1=C(c2ccccc2)N=c2s/c(=C\c3cc(Br)cc(I)c3OCc3ccc(C(=O)OCC)cc3)c(=O)n2[C@@H]1c1ccc(OC)c(OC)c1. The van der Waals surface area contributed by atoms with Crippen molar-refractivity contribution in [1.29, 1.82) is 0 Å². The zero-order chi connectivity index (χ0) is 37.6. The van der Waals surface area contributed by atoms with Crippen LogP contribution in [0.15, 0.2) is 105 Å². The lowest BCUT2D eigenvalue weighted by atomic mass is 9.93. The first-order chi connectivity index (χ1) is 25.7. The van der Waals surface area contributed by atoms with Crippen molar-refractivity contribution in [3.05, 3.63) is 146 Å². The normalized spacial score (nSPS) is 13.9. The van der Waals surface area contributed by atoms with Crippen LogP contribution in [-0.4, -0.2) is 43.9 Å². The van der Waals surface area contributed by atoms with E-state index in [0.29, 0.717) is 61.1 Å². The summed E-state index contributed by atoms with van der Waals surface area (Å²) in [6.45, 7) is 4.14. The Morgan fingerprint density at radius 3 is 2.28 bits per heavy atom. The number of carbonyl (C=O) groups is 2. The summed E-state index contributed by atoms with van der Waals surface area (Å²) in [6.07, 6.45) is 1.78. The third-order valence-electron chi connectivity index (χ3n) is 8.27. The largest absolute Gasteiger partial charge is 0.493 e. The Labute approximate surface area is 331 Å². The van der Waals surface area contributed by atoms with Gasteiger partial charge in [0.1, 0.15) is 12.4 Å². The second-order valence-corrected chi connectivity index (χ2v) is 14.6. The molecule has 1 atom stereocenters. The summed E-state index contributed by atoms with van der Waals surface area (Å²) >= 11 is 7.01. The van der Waals surface area contributed by atoms with Crippen LogP contribution >= 0.6 is 49.9 Å². The summed E-state index contributed by atoms with van der Waals surface area (Å²) in [5, 5.41) is 0. The molecule has 0 fully saturated rings. The number of nitrogens with zero attached hydrogens (tertiary/aromatic N) is 2. The summed E-state index contributed by atoms with van der Waals surface area (Å²) in [7, 11) is 3.07. The minimum absolute atomic E-state index is 0.132. The standard InChI is InChI=1S/C40H34BrIN2O8S/c1-5-50-38(46)25-14-12-23(13-15-25)22-52-36-27(18-28(41)21-29(36)42)20-32-37(45)44-35(26-16-17-30(48-3)31(19-26)49-4)33(39(47)51-6-2)34(43-40(44)53-32)24-10-8-7-9-11-24/h7-21,35H,5-6,22H2,1-4H3/b32-20-/t35-/m1/s1. The monoisotopic (exact) mass is 908 g/mol. The zero-order valence-corrected chi connectivity index (χ0v) is 33.7. The molecule has 13 heteroatoms. The molecule has 0 unspecified atom stereocenters. The Hall–Kier alpha value is -4.73. The van der Waals surface area contributed by atoms with Gasteiger partial charge in [-0.25, -0.2) is 14.6 Å². The molecule has 6 rings (SSSR count). The predicted molar refractivity (Wildman–Crippen MR) is 214 cm³/mol. The molecular weight excluding hydrogens is 875 g/mol. The first kappa shape index (κ1) is 38.0.